The molecule has 0 rings (SSSR count). The Balaban J connectivity index is 4.48. The molecule has 0 aliphatic heterocycles. The van der Waals surface area contributed by atoms with Gasteiger partial charge in [0, 0.05) is 5.92 Å². The average molecular weight is 232 g/mol. The van der Waals surface area contributed by atoms with Crippen molar-refractivity contribution in [1.82, 2.24) is 0 Å². The second-order valence-electron chi connectivity index (χ2n) is 5.68. The zero-order valence-corrected chi connectivity index (χ0v) is 11.4. The number of rotatable bonds is 6. The highest BCUT2D eigenvalue weighted by Gasteiger charge is 2.33. The molecule has 5 atom stereocenters. The van der Waals surface area contributed by atoms with Crippen LogP contribution in [0.2, 0.25) is 0 Å². The maximum Gasteiger partial charge on any atom is 0.0851 e. The zero-order valence-electron chi connectivity index (χ0n) is 11.4. The van der Waals surface area contributed by atoms with Gasteiger partial charge in [0.15, 0.2) is 0 Å². The molecule has 16 heavy (non-hydrogen) atoms. The van der Waals surface area contributed by atoms with Crippen molar-refractivity contribution in [3.05, 3.63) is 0 Å². The first-order valence-electron chi connectivity index (χ1n) is 6.24. The van der Waals surface area contributed by atoms with Gasteiger partial charge in [-0.15, -0.1) is 0 Å². The van der Waals surface area contributed by atoms with Gasteiger partial charge in [-0.25, -0.2) is 0 Å². The standard InChI is InChI=1S/C13H28O3/c1-7(2)9(5)12(15)10(6)13(16)11(14)8(3)4/h7-16H,1-6H3. The molecule has 98 valence electrons. The molecule has 0 aliphatic rings. The monoisotopic (exact) mass is 232 g/mol. The van der Waals surface area contributed by atoms with Crippen molar-refractivity contribution >= 4 is 0 Å². The summed E-state index contributed by atoms with van der Waals surface area (Å²) < 4.78 is 0. The topological polar surface area (TPSA) is 60.7 Å². The van der Waals surface area contributed by atoms with Crippen LogP contribution in [0.5, 0.6) is 0 Å². The fraction of sp³-hybridized carbons (Fsp3) is 1.00. The number of hydrogen-bond donors (Lipinski definition) is 3. The Labute approximate surface area is 99.5 Å². The molecule has 3 nitrogen and oxygen atoms in total. The fourth-order valence-corrected chi connectivity index (χ4v) is 1.78. The van der Waals surface area contributed by atoms with Crippen molar-refractivity contribution in [2.24, 2.45) is 23.7 Å². The second kappa shape index (κ2) is 6.58. The van der Waals surface area contributed by atoms with E-state index in [9.17, 15) is 15.3 Å². The van der Waals surface area contributed by atoms with Crippen LogP contribution in [0.3, 0.4) is 0 Å². The molecular weight excluding hydrogens is 204 g/mol. The molecule has 0 aromatic rings. The average Bonchev–Trinajstić information content (AvgIpc) is 2.23. The highest BCUT2D eigenvalue weighted by molar-refractivity contribution is 4.83. The predicted molar refractivity (Wildman–Crippen MR) is 66.0 cm³/mol. The molecule has 0 bridgehead atoms. The van der Waals surface area contributed by atoms with Crippen molar-refractivity contribution in [2.45, 2.75) is 59.9 Å². The lowest BCUT2D eigenvalue weighted by molar-refractivity contribution is -0.0829. The normalized spacial score (nSPS) is 21.9. The van der Waals surface area contributed by atoms with E-state index in [1.165, 1.54) is 0 Å². The summed E-state index contributed by atoms with van der Waals surface area (Å²) in [6.45, 7) is 11.6. The molecule has 0 heterocycles. The second-order valence-corrected chi connectivity index (χ2v) is 5.68. The van der Waals surface area contributed by atoms with Crippen LogP contribution in [-0.4, -0.2) is 33.6 Å². The molecule has 0 aromatic heterocycles. The van der Waals surface area contributed by atoms with E-state index in [0.29, 0.717) is 5.92 Å². The molecule has 0 saturated heterocycles. The molecular formula is C13H28O3. The van der Waals surface area contributed by atoms with Crippen LogP contribution in [0.25, 0.3) is 0 Å². The van der Waals surface area contributed by atoms with Gasteiger partial charge < -0.3 is 15.3 Å². The summed E-state index contributed by atoms with van der Waals surface area (Å²) in [5.41, 5.74) is 0. The summed E-state index contributed by atoms with van der Waals surface area (Å²) in [4.78, 5) is 0. The first kappa shape index (κ1) is 15.9. The molecule has 0 saturated carbocycles. The van der Waals surface area contributed by atoms with Crippen molar-refractivity contribution in [3.8, 4) is 0 Å². The number of aliphatic hydroxyl groups excluding tert-OH is 3. The summed E-state index contributed by atoms with van der Waals surface area (Å²) in [5, 5.41) is 29.8. The van der Waals surface area contributed by atoms with Crippen molar-refractivity contribution in [1.29, 1.82) is 0 Å². The van der Waals surface area contributed by atoms with E-state index < -0.39 is 18.3 Å². The smallest absolute Gasteiger partial charge is 0.0851 e. The van der Waals surface area contributed by atoms with Crippen LogP contribution in [0.1, 0.15) is 41.5 Å². The summed E-state index contributed by atoms with van der Waals surface area (Å²) in [6, 6.07) is 0. The highest BCUT2D eigenvalue weighted by atomic mass is 16.3. The van der Waals surface area contributed by atoms with Gasteiger partial charge in [0.05, 0.1) is 18.3 Å². The molecule has 0 aromatic carbocycles. The fourth-order valence-electron chi connectivity index (χ4n) is 1.78. The lowest BCUT2D eigenvalue weighted by Crippen LogP contribution is -2.43. The van der Waals surface area contributed by atoms with Gasteiger partial charge in [-0.3, -0.25) is 0 Å². The Morgan fingerprint density at radius 2 is 0.938 bits per heavy atom. The van der Waals surface area contributed by atoms with Crippen molar-refractivity contribution in [2.75, 3.05) is 0 Å². The maximum atomic E-state index is 10.1. The Hall–Kier alpha value is -0.120. The Morgan fingerprint density at radius 1 is 0.500 bits per heavy atom. The van der Waals surface area contributed by atoms with Crippen molar-refractivity contribution in [3.63, 3.8) is 0 Å². The minimum Gasteiger partial charge on any atom is -0.392 e. The predicted octanol–water partition coefficient (Wildman–Crippen LogP) is 1.65. The van der Waals surface area contributed by atoms with Crippen LogP contribution in [0, 0.1) is 23.7 Å². The Morgan fingerprint density at radius 3 is 1.25 bits per heavy atom. The molecule has 0 radical (unpaired) electrons. The third kappa shape index (κ3) is 4.04. The van der Waals surface area contributed by atoms with E-state index in [1.807, 2.05) is 34.6 Å². The van der Waals surface area contributed by atoms with Crippen LogP contribution in [-0.2, 0) is 0 Å². The Kier molecular flexibility index (Phi) is 6.53. The third-order valence-corrected chi connectivity index (χ3v) is 3.70. The van der Waals surface area contributed by atoms with E-state index in [-0.39, 0.29) is 17.8 Å². The van der Waals surface area contributed by atoms with Gasteiger partial charge in [-0.1, -0.05) is 41.5 Å². The molecule has 0 fully saturated rings. The summed E-state index contributed by atoms with van der Waals surface area (Å²) in [5.74, 6) is 0.165. The minimum atomic E-state index is -0.865. The van der Waals surface area contributed by atoms with Gasteiger partial charge >= 0.3 is 0 Å². The third-order valence-electron chi connectivity index (χ3n) is 3.70. The lowest BCUT2D eigenvalue weighted by atomic mass is 9.80. The van der Waals surface area contributed by atoms with E-state index in [0.717, 1.165) is 0 Å². The van der Waals surface area contributed by atoms with Crippen LogP contribution in [0.4, 0.5) is 0 Å². The minimum absolute atomic E-state index is 0.000920. The SMILES string of the molecule is CC(C)C(C)C(O)C(C)C(O)C(O)C(C)C. The van der Waals surface area contributed by atoms with E-state index in [1.54, 1.807) is 6.92 Å². The number of hydrogen-bond acceptors (Lipinski definition) is 3. The molecule has 3 heteroatoms. The summed E-state index contributed by atoms with van der Waals surface area (Å²) >= 11 is 0. The van der Waals surface area contributed by atoms with Crippen LogP contribution < -0.4 is 0 Å². The van der Waals surface area contributed by atoms with Gasteiger partial charge in [0.1, 0.15) is 0 Å². The first-order chi connectivity index (χ1) is 7.20. The molecule has 0 amide bonds. The van der Waals surface area contributed by atoms with Crippen LogP contribution >= 0.6 is 0 Å². The lowest BCUT2D eigenvalue weighted by Gasteiger charge is -2.33. The van der Waals surface area contributed by atoms with Gasteiger partial charge in [0.2, 0.25) is 0 Å². The molecule has 0 aliphatic carbocycles. The van der Waals surface area contributed by atoms with Gasteiger partial charge in [0.25, 0.3) is 0 Å². The van der Waals surface area contributed by atoms with Gasteiger partial charge in [-0.2, -0.15) is 0 Å². The Bertz CT molecular complexity index is 172. The highest BCUT2D eigenvalue weighted by Crippen LogP contribution is 2.25. The summed E-state index contributed by atoms with van der Waals surface area (Å²) in [7, 11) is 0. The summed E-state index contributed by atoms with van der Waals surface area (Å²) in [6.07, 6.45) is -2.22. The van der Waals surface area contributed by atoms with E-state index in [4.69, 9.17) is 0 Å². The zero-order chi connectivity index (χ0) is 13.0. The molecule has 3 N–H and O–H groups in total. The van der Waals surface area contributed by atoms with Gasteiger partial charge in [-0.05, 0) is 17.8 Å². The van der Waals surface area contributed by atoms with E-state index in [2.05, 4.69) is 0 Å². The van der Waals surface area contributed by atoms with E-state index >= 15 is 0 Å². The molecule has 0 spiro atoms. The quantitative estimate of drug-likeness (QED) is 0.652. The maximum absolute atomic E-state index is 10.1. The van der Waals surface area contributed by atoms with Crippen LogP contribution in [0.15, 0.2) is 0 Å². The number of aliphatic hydroxyl groups is 3. The molecule has 5 unspecified atom stereocenters. The largest absolute Gasteiger partial charge is 0.392 e. The first-order valence-corrected chi connectivity index (χ1v) is 6.24. The van der Waals surface area contributed by atoms with Crippen molar-refractivity contribution < 1.29 is 15.3 Å².